The van der Waals surface area contributed by atoms with Gasteiger partial charge in [0.1, 0.15) is 17.6 Å². The second-order valence-corrected chi connectivity index (χ2v) is 8.37. The minimum Gasteiger partial charge on any atom is -0.481 e. The molecule has 0 spiro atoms. The van der Waals surface area contributed by atoms with Gasteiger partial charge in [-0.15, -0.1) is 0 Å². The predicted octanol–water partition coefficient (Wildman–Crippen LogP) is 4.79. The minimum absolute atomic E-state index is 0.0113. The number of halogens is 1. The third-order valence-corrected chi connectivity index (χ3v) is 5.31. The monoisotopic (exact) mass is 454 g/mol. The Morgan fingerprint density at radius 3 is 2.91 bits per heavy atom. The average Bonchev–Trinajstić information content (AvgIpc) is 2.80. The summed E-state index contributed by atoms with van der Waals surface area (Å²) >= 11 is 0. The van der Waals surface area contributed by atoms with Crippen molar-refractivity contribution in [2.45, 2.75) is 51.1 Å². The number of allylic oxidation sites excluding steroid dienone is 2. The van der Waals surface area contributed by atoms with Gasteiger partial charge < -0.3 is 19.3 Å². The van der Waals surface area contributed by atoms with Crippen LogP contribution in [-0.2, 0) is 14.3 Å². The number of ether oxygens (including phenoxy) is 3. The predicted molar refractivity (Wildman–Crippen MR) is 118 cm³/mol. The van der Waals surface area contributed by atoms with Crippen molar-refractivity contribution in [3.8, 4) is 11.8 Å². The van der Waals surface area contributed by atoms with Crippen molar-refractivity contribution < 1.29 is 28.5 Å². The van der Waals surface area contributed by atoms with E-state index in [1.54, 1.807) is 26.2 Å². The Hall–Kier alpha value is -3.28. The van der Waals surface area contributed by atoms with E-state index in [4.69, 9.17) is 19.3 Å². The molecule has 0 amide bonds. The number of nitrogens with zero attached hydrogens (tertiary/aromatic N) is 2. The summed E-state index contributed by atoms with van der Waals surface area (Å²) in [5.74, 6) is -1.11. The van der Waals surface area contributed by atoms with E-state index >= 15 is 0 Å². The molecule has 1 N–H and O–H groups in total. The summed E-state index contributed by atoms with van der Waals surface area (Å²) in [6, 6.07) is 9.49. The number of hydrogen-bond acceptors (Lipinski definition) is 6. The summed E-state index contributed by atoms with van der Waals surface area (Å²) in [4.78, 5) is 14.9. The number of rotatable bonds is 9. The molecule has 3 atom stereocenters. The minimum atomic E-state index is -0.980. The normalized spacial score (nSPS) is 21.0. The Morgan fingerprint density at radius 2 is 2.21 bits per heavy atom. The van der Waals surface area contributed by atoms with Gasteiger partial charge in [0.2, 0.25) is 0 Å². The molecule has 0 bridgehead atoms. The summed E-state index contributed by atoms with van der Waals surface area (Å²) in [6.45, 7) is 3.96. The van der Waals surface area contributed by atoms with E-state index in [1.807, 2.05) is 30.4 Å². The molecule has 1 aromatic carbocycles. The fourth-order valence-corrected chi connectivity index (χ4v) is 3.64. The molecule has 0 aliphatic carbocycles. The highest BCUT2D eigenvalue weighted by molar-refractivity contribution is 5.66. The number of benzene rings is 1. The molecule has 2 aromatic rings. The van der Waals surface area contributed by atoms with Crippen LogP contribution in [0.25, 0.3) is 0 Å². The van der Waals surface area contributed by atoms with Gasteiger partial charge in [0.15, 0.2) is 11.9 Å². The van der Waals surface area contributed by atoms with E-state index in [0.717, 1.165) is 11.6 Å². The van der Waals surface area contributed by atoms with Gasteiger partial charge in [-0.1, -0.05) is 18.2 Å². The van der Waals surface area contributed by atoms with Crippen LogP contribution in [0.1, 0.15) is 50.3 Å². The summed E-state index contributed by atoms with van der Waals surface area (Å²) in [6.07, 6.45) is 7.34. The molecule has 7 nitrogen and oxygen atoms in total. The number of carboxylic acids is 1. The van der Waals surface area contributed by atoms with Crippen molar-refractivity contribution in [3.63, 3.8) is 0 Å². The van der Waals surface area contributed by atoms with Gasteiger partial charge in [-0.3, -0.25) is 9.78 Å². The van der Waals surface area contributed by atoms with Crippen molar-refractivity contribution in [2.24, 2.45) is 5.92 Å². The summed E-state index contributed by atoms with van der Waals surface area (Å²) < 4.78 is 31.9. The Labute approximate surface area is 192 Å². The molecule has 1 saturated heterocycles. The van der Waals surface area contributed by atoms with Crippen LogP contribution in [0.15, 0.2) is 54.9 Å². The fourth-order valence-electron chi connectivity index (χ4n) is 3.64. The van der Waals surface area contributed by atoms with Crippen LogP contribution in [0.5, 0.6) is 5.75 Å². The zero-order valence-electron chi connectivity index (χ0n) is 18.6. The molecule has 0 radical (unpaired) electrons. The van der Waals surface area contributed by atoms with Crippen molar-refractivity contribution >= 4 is 5.97 Å². The molecule has 174 valence electrons. The SMILES string of the molecule is CC(C)(Oc1ccc(F)cc1C#N)[C@H]1OC[C@@H](C/C=C\CCC(=O)O)[C@@H](c2cccnc2)O1. The summed E-state index contributed by atoms with van der Waals surface area (Å²) in [5.41, 5.74) is 0.00345. The summed E-state index contributed by atoms with van der Waals surface area (Å²) in [5, 5.41) is 18.1. The first-order chi connectivity index (χ1) is 15.8. The number of pyridine rings is 1. The van der Waals surface area contributed by atoms with E-state index in [1.165, 1.54) is 12.1 Å². The van der Waals surface area contributed by atoms with Crippen LogP contribution in [0.4, 0.5) is 4.39 Å². The van der Waals surface area contributed by atoms with Gasteiger partial charge in [0.25, 0.3) is 0 Å². The first kappa shape index (κ1) is 24.4. The Bertz CT molecular complexity index is 1020. The van der Waals surface area contributed by atoms with Gasteiger partial charge in [0.05, 0.1) is 18.3 Å². The molecule has 8 heteroatoms. The lowest BCUT2D eigenvalue weighted by Crippen LogP contribution is -2.50. The van der Waals surface area contributed by atoms with E-state index in [-0.39, 0.29) is 29.8 Å². The van der Waals surface area contributed by atoms with Crippen LogP contribution in [0.2, 0.25) is 0 Å². The molecule has 1 aromatic heterocycles. The molecule has 1 aliphatic heterocycles. The van der Waals surface area contributed by atoms with Crippen LogP contribution < -0.4 is 4.74 Å². The molecule has 0 unspecified atom stereocenters. The number of hydrogen-bond donors (Lipinski definition) is 1. The third-order valence-electron chi connectivity index (χ3n) is 5.31. The molecule has 33 heavy (non-hydrogen) atoms. The maximum atomic E-state index is 13.5. The molecule has 0 saturated carbocycles. The van der Waals surface area contributed by atoms with Crippen LogP contribution in [0, 0.1) is 23.1 Å². The smallest absolute Gasteiger partial charge is 0.303 e. The van der Waals surface area contributed by atoms with Crippen LogP contribution >= 0.6 is 0 Å². The largest absolute Gasteiger partial charge is 0.481 e. The first-order valence-corrected chi connectivity index (χ1v) is 10.7. The highest BCUT2D eigenvalue weighted by atomic mass is 19.1. The van der Waals surface area contributed by atoms with Crippen LogP contribution in [-0.4, -0.2) is 34.6 Å². The molecular weight excluding hydrogens is 427 g/mol. The van der Waals surface area contributed by atoms with E-state index in [2.05, 4.69) is 4.98 Å². The molecule has 3 rings (SSSR count). The highest BCUT2D eigenvalue weighted by Gasteiger charge is 2.42. The Kier molecular flexibility index (Phi) is 8.15. The fraction of sp³-hybridized carbons (Fsp3) is 0.400. The summed E-state index contributed by atoms with van der Waals surface area (Å²) in [7, 11) is 0. The lowest BCUT2D eigenvalue weighted by atomic mass is 9.92. The molecular formula is C25H27FN2O5. The zero-order chi connectivity index (χ0) is 23.8. The highest BCUT2D eigenvalue weighted by Crippen LogP contribution is 2.38. The number of aliphatic carboxylic acids is 1. The van der Waals surface area contributed by atoms with Gasteiger partial charge >= 0.3 is 5.97 Å². The topological polar surface area (TPSA) is 102 Å². The van der Waals surface area contributed by atoms with Crippen molar-refractivity contribution in [1.29, 1.82) is 5.26 Å². The lowest BCUT2D eigenvalue weighted by molar-refractivity contribution is -0.288. The molecule has 1 aliphatic rings. The Balaban J connectivity index is 1.75. The van der Waals surface area contributed by atoms with Crippen molar-refractivity contribution in [3.05, 3.63) is 71.8 Å². The first-order valence-electron chi connectivity index (χ1n) is 10.7. The lowest BCUT2D eigenvalue weighted by Gasteiger charge is -2.43. The van der Waals surface area contributed by atoms with E-state index in [0.29, 0.717) is 19.4 Å². The van der Waals surface area contributed by atoms with E-state index < -0.39 is 23.7 Å². The van der Waals surface area contributed by atoms with E-state index in [9.17, 15) is 14.4 Å². The maximum absolute atomic E-state index is 13.5. The number of carboxylic acid groups (broad SMARTS) is 1. The molecule has 1 fully saturated rings. The van der Waals surface area contributed by atoms with Gasteiger partial charge in [-0.25, -0.2) is 4.39 Å². The standard InChI is InChI=1S/C25H27FN2O5/c1-25(2,33-21-11-10-20(26)13-19(21)14-27)24-31-16-18(7-4-3-5-9-22(29)30)23(32-24)17-8-6-12-28-15-17/h3-4,6,8,10-13,15,18,23-24H,5,7,9,16H2,1-2H3,(H,29,30)/b4-3-/t18-,23-,24+/m1/s1. The zero-order valence-corrected chi connectivity index (χ0v) is 18.6. The van der Waals surface area contributed by atoms with Gasteiger partial charge in [-0.2, -0.15) is 5.26 Å². The third kappa shape index (κ3) is 6.60. The van der Waals surface area contributed by atoms with Crippen LogP contribution in [0.3, 0.4) is 0 Å². The maximum Gasteiger partial charge on any atom is 0.303 e. The second kappa shape index (κ2) is 11.0. The van der Waals surface area contributed by atoms with Gasteiger partial charge in [0, 0.05) is 24.7 Å². The molecule has 2 heterocycles. The number of carbonyl (C=O) groups is 1. The second-order valence-electron chi connectivity index (χ2n) is 8.37. The number of aromatic nitrogens is 1. The Morgan fingerprint density at radius 1 is 1.39 bits per heavy atom. The van der Waals surface area contributed by atoms with Crippen molar-refractivity contribution in [1.82, 2.24) is 4.98 Å². The van der Waals surface area contributed by atoms with Gasteiger partial charge in [-0.05, 0) is 56.5 Å². The quantitative estimate of drug-likeness (QED) is 0.544. The number of nitriles is 1. The average molecular weight is 454 g/mol. The van der Waals surface area contributed by atoms with Crippen molar-refractivity contribution in [2.75, 3.05) is 6.61 Å².